The molecule has 1 aliphatic heterocycles. The minimum absolute atomic E-state index is 0.0697. The fourth-order valence-corrected chi connectivity index (χ4v) is 2.93. The number of benzene rings is 2. The van der Waals surface area contributed by atoms with Crippen LogP contribution in [0.5, 0.6) is 0 Å². The first-order valence-corrected chi connectivity index (χ1v) is 8.39. The molecule has 7 heteroatoms. The molecule has 3 rings (SSSR count). The van der Waals surface area contributed by atoms with Crippen LogP contribution in [0.25, 0.3) is 6.08 Å². The number of anilines is 1. The maximum absolute atomic E-state index is 11.1. The van der Waals surface area contributed by atoms with Gasteiger partial charge in [0.15, 0.2) is 0 Å². The van der Waals surface area contributed by atoms with Gasteiger partial charge in [-0.3, -0.25) is 15.1 Å². The van der Waals surface area contributed by atoms with E-state index in [1.807, 2.05) is 30.2 Å². The Labute approximate surface area is 155 Å². The first-order chi connectivity index (χ1) is 12.0. The number of nitrogens with zero attached hydrogens (tertiary/aromatic N) is 3. The van der Waals surface area contributed by atoms with Crippen LogP contribution in [0.1, 0.15) is 11.1 Å². The lowest BCUT2D eigenvalue weighted by atomic mass is 10.0. The van der Waals surface area contributed by atoms with Crippen LogP contribution in [0.4, 0.5) is 11.4 Å². The molecular formula is C18H15Cl2N3O2. The Hall–Kier alpha value is -2.37. The molecule has 25 heavy (non-hydrogen) atoms. The number of nitro groups is 1. The van der Waals surface area contributed by atoms with Crippen molar-refractivity contribution >= 4 is 46.4 Å². The van der Waals surface area contributed by atoms with Gasteiger partial charge in [0, 0.05) is 31.3 Å². The van der Waals surface area contributed by atoms with Crippen molar-refractivity contribution in [1.29, 1.82) is 0 Å². The van der Waals surface area contributed by atoms with Crippen molar-refractivity contribution in [2.45, 2.75) is 0 Å². The van der Waals surface area contributed by atoms with Crippen LogP contribution in [0.3, 0.4) is 0 Å². The molecule has 0 fully saturated rings. The number of hydrogen-bond donors (Lipinski definition) is 0. The fourth-order valence-electron chi connectivity index (χ4n) is 2.63. The van der Waals surface area contributed by atoms with Gasteiger partial charge in [-0.05, 0) is 29.8 Å². The van der Waals surface area contributed by atoms with Crippen LogP contribution in [0.2, 0.25) is 10.0 Å². The van der Waals surface area contributed by atoms with E-state index in [1.165, 1.54) is 6.07 Å². The maximum atomic E-state index is 11.1. The average Bonchev–Trinajstić information content (AvgIpc) is 2.75. The summed E-state index contributed by atoms with van der Waals surface area (Å²) >= 11 is 12.0. The first-order valence-electron chi connectivity index (χ1n) is 7.63. The molecule has 0 bridgehead atoms. The Bertz CT molecular complexity index is 894. The summed E-state index contributed by atoms with van der Waals surface area (Å²) in [6.45, 7) is 1.30. The van der Waals surface area contributed by atoms with Crippen molar-refractivity contribution in [1.82, 2.24) is 0 Å². The molecule has 1 aliphatic rings. The monoisotopic (exact) mass is 375 g/mol. The highest BCUT2D eigenvalue weighted by Crippen LogP contribution is 2.28. The van der Waals surface area contributed by atoms with Gasteiger partial charge < -0.3 is 4.90 Å². The Morgan fingerprint density at radius 1 is 1.16 bits per heavy atom. The smallest absolute Gasteiger partial charge is 0.271 e. The molecule has 5 nitrogen and oxygen atoms in total. The number of hydrogen-bond acceptors (Lipinski definition) is 4. The Balaban J connectivity index is 1.98. The second-order valence-corrected chi connectivity index (χ2v) is 6.47. The number of nitro benzene ring substituents is 1. The topological polar surface area (TPSA) is 58.7 Å². The quantitative estimate of drug-likeness (QED) is 0.568. The fraction of sp³-hybridized carbons (Fsp3) is 0.167. The minimum atomic E-state index is -0.388. The largest absolute Gasteiger partial charge is 0.372 e. The minimum Gasteiger partial charge on any atom is -0.372 e. The van der Waals surface area contributed by atoms with E-state index in [0.717, 1.165) is 22.5 Å². The van der Waals surface area contributed by atoms with Crippen LogP contribution in [0, 0.1) is 10.1 Å². The number of rotatable bonds is 3. The highest BCUT2D eigenvalue weighted by Gasteiger charge is 2.18. The number of allylic oxidation sites excluding steroid dienone is 1. The average molecular weight is 376 g/mol. The number of aliphatic imine (C=N–C) groups is 1. The van der Waals surface area contributed by atoms with Gasteiger partial charge in [0.2, 0.25) is 0 Å². The van der Waals surface area contributed by atoms with E-state index >= 15 is 0 Å². The van der Waals surface area contributed by atoms with Crippen molar-refractivity contribution in [3.8, 4) is 0 Å². The van der Waals surface area contributed by atoms with Gasteiger partial charge in [-0.2, -0.15) is 0 Å². The van der Waals surface area contributed by atoms with Crippen LogP contribution in [-0.4, -0.2) is 30.8 Å². The van der Waals surface area contributed by atoms with Gasteiger partial charge in [0.1, 0.15) is 0 Å². The van der Waals surface area contributed by atoms with Crippen LogP contribution >= 0.6 is 23.2 Å². The molecule has 2 aromatic carbocycles. The molecule has 1 heterocycles. The molecule has 0 saturated heterocycles. The molecule has 0 saturated carbocycles. The van der Waals surface area contributed by atoms with Gasteiger partial charge in [-0.15, -0.1) is 0 Å². The third-order valence-electron chi connectivity index (χ3n) is 3.97. The van der Waals surface area contributed by atoms with Crippen molar-refractivity contribution in [2.24, 2.45) is 4.99 Å². The van der Waals surface area contributed by atoms with E-state index in [0.29, 0.717) is 23.1 Å². The number of halogens is 2. The van der Waals surface area contributed by atoms with E-state index in [9.17, 15) is 10.1 Å². The summed E-state index contributed by atoms with van der Waals surface area (Å²) in [6.07, 6.45) is 3.79. The third-order valence-corrected chi connectivity index (χ3v) is 4.71. The van der Waals surface area contributed by atoms with Gasteiger partial charge in [0.25, 0.3) is 5.69 Å². The lowest BCUT2D eigenvalue weighted by Crippen LogP contribution is -2.20. The summed E-state index contributed by atoms with van der Waals surface area (Å²) in [5, 5.41) is 12.0. The molecule has 0 spiro atoms. The zero-order valence-corrected chi connectivity index (χ0v) is 15.0. The van der Waals surface area contributed by atoms with E-state index in [2.05, 4.69) is 4.99 Å². The van der Waals surface area contributed by atoms with Gasteiger partial charge >= 0.3 is 0 Å². The standard InChI is InChI=1S/C18H15Cl2N3O2/c1-22-9-8-21-17(7-3-12-2-6-15(19)16(20)10-12)14-5-4-13(23(24)25)11-18(14)22/h2-7,10-11H,8-9H2,1H3. The van der Waals surface area contributed by atoms with Gasteiger partial charge in [0.05, 0.1) is 32.9 Å². The molecular weight excluding hydrogens is 361 g/mol. The summed E-state index contributed by atoms with van der Waals surface area (Å²) in [7, 11) is 1.91. The maximum Gasteiger partial charge on any atom is 0.271 e. The number of likely N-dealkylation sites (N-methyl/N-ethyl adjacent to an activating group) is 1. The zero-order chi connectivity index (χ0) is 18.0. The Morgan fingerprint density at radius 3 is 2.68 bits per heavy atom. The SMILES string of the molecule is CN1CCN=C(C=Cc2ccc(Cl)c(Cl)c2)c2ccc([N+](=O)[O-])cc21. The molecule has 0 amide bonds. The van der Waals surface area contributed by atoms with Gasteiger partial charge in [-0.25, -0.2) is 0 Å². The van der Waals surface area contributed by atoms with E-state index in [-0.39, 0.29) is 10.6 Å². The Morgan fingerprint density at radius 2 is 1.96 bits per heavy atom. The summed E-state index contributed by atoms with van der Waals surface area (Å²) in [5.41, 5.74) is 3.41. The molecule has 0 aliphatic carbocycles. The van der Waals surface area contributed by atoms with Crippen molar-refractivity contribution in [3.63, 3.8) is 0 Å². The van der Waals surface area contributed by atoms with Gasteiger partial charge in [-0.1, -0.05) is 35.3 Å². The normalized spacial score (nSPS) is 14.2. The third kappa shape index (κ3) is 3.83. The highest BCUT2D eigenvalue weighted by molar-refractivity contribution is 6.42. The zero-order valence-electron chi connectivity index (χ0n) is 13.4. The van der Waals surface area contributed by atoms with Crippen LogP contribution in [-0.2, 0) is 0 Å². The molecule has 128 valence electrons. The van der Waals surface area contributed by atoms with Crippen LogP contribution in [0.15, 0.2) is 47.5 Å². The Kier molecular flexibility index (Phi) is 5.06. The van der Waals surface area contributed by atoms with Crippen molar-refractivity contribution in [2.75, 3.05) is 25.0 Å². The lowest BCUT2D eigenvalue weighted by molar-refractivity contribution is -0.384. The second kappa shape index (κ2) is 7.25. The summed E-state index contributed by atoms with van der Waals surface area (Å²) < 4.78 is 0. The number of non-ortho nitro benzene ring substituents is 1. The first kappa shape index (κ1) is 17.5. The molecule has 0 unspecified atom stereocenters. The molecule has 0 N–H and O–H groups in total. The second-order valence-electron chi connectivity index (χ2n) is 5.65. The number of benzodiazepines with no additional fused rings is 1. The molecule has 2 aromatic rings. The summed E-state index contributed by atoms with van der Waals surface area (Å²) in [6, 6.07) is 10.2. The van der Waals surface area contributed by atoms with Crippen LogP contribution < -0.4 is 4.90 Å². The molecule has 0 radical (unpaired) electrons. The highest BCUT2D eigenvalue weighted by atomic mass is 35.5. The predicted octanol–water partition coefficient (Wildman–Crippen LogP) is 4.85. The van der Waals surface area contributed by atoms with E-state index < -0.39 is 0 Å². The van der Waals surface area contributed by atoms with E-state index in [1.54, 1.807) is 24.3 Å². The van der Waals surface area contributed by atoms with E-state index in [4.69, 9.17) is 23.2 Å². The van der Waals surface area contributed by atoms with Crippen molar-refractivity contribution < 1.29 is 4.92 Å². The predicted molar refractivity (Wildman–Crippen MR) is 103 cm³/mol. The summed E-state index contributed by atoms with van der Waals surface area (Å²) in [4.78, 5) is 17.2. The molecule has 0 atom stereocenters. The molecule has 0 aromatic heterocycles. The lowest BCUT2D eigenvalue weighted by Gasteiger charge is -2.18. The number of fused-ring (bicyclic) bond motifs is 1. The summed E-state index contributed by atoms with van der Waals surface area (Å²) in [5.74, 6) is 0. The van der Waals surface area contributed by atoms with Crippen molar-refractivity contribution in [3.05, 3.63) is 73.8 Å².